The van der Waals surface area contributed by atoms with Crippen LogP contribution in [0.3, 0.4) is 0 Å². The zero-order valence-electron chi connectivity index (χ0n) is 17.6. The van der Waals surface area contributed by atoms with E-state index >= 15 is 0 Å². The van der Waals surface area contributed by atoms with E-state index < -0.39 is 0 Å². The molecule has 0 radical (unpaired) electrons. The summed E-state index contributed by atoms with van der Waals surface area (Å²) in [5.74, 6) is 3.12. The lowest BCUT2D eigenvalue weighted by molar-refractivity contribution is -0.161. The Labute approximate surface area is 251 Å². The van der Waals surface area contributed by atoms with Crippen molar-refractivity contribution in [3.05, 3.63) is 22.8 Å². The molecule has 2 bridgehead atoms. The second kappa shape index (κ2) is 5.08. The van der Waals surface area contributed by atoms with Gasteiger partial charge in [-0.1, -0.05) is 19.9 Å². The molecule has 1 saturated heterocycles. The molecule has 2 heterocycles. The van der Waals surface area contributed by atoms with Crippen LogP contribution in [-0.2, 0) is 10.2 Å². The zero-order chi connectivity index (χ0) is 19.5. The maximum atomic E-state index is 13.1. The number of likely N-dealkylation sites (tertiary alicyclic amines) is 1. The third-order valence-corrected chi connectivity index (χ3v) is 8.91. The van der Waals surface area contributed by atoms with Crippen molar-refractivity contribution in [2.24, 2.45) is 11.8 Å². The number of carbonyl (C=O) groups is 1. The molecule has 1 aromatic rings. The summed E-state index contributed by atoms with van der Waals surface area (Å²) in [6.07, 6.45) is 1.23. The predicted molar refractivity (Wildman–Crippen MR) is 232 cm³/mol. The Bertz CT molecular complexity index is 937. The molecular formula is C23H151NO3. The minimum absolute atomic E-state index is 0. The Morgan fingerprint density at radius 2 is 2.04 bits per heavy atom. The lowest BCUT2D eigenvalue weighted by Gasteiger charge is -2.67. The number of rotatable bonds is 1. The number of Topliss-reactive ketones (excluding diaryl/α,β-unsaturated/α-hetero) is 1. The average Bonchev–Trinajstić information content (AvgIpc) is 2.98. The van der Waals surface area contributed by atoms with Crippen LogP contribution in [0.5, 0.6) is 11.5 Å². The van der Waals surface area contributed by atoms with Crippen molar-refractivity contribution in [3.8, 4) is 11.5 Å². The van der Waals surface area contributed by atoms with E-state index in [0.717, 1.165) is 23.5 Å². The first-order valence-electron chi connectivity index (χ1n) is 10.3. The fraction of sp³-hybridized carbons (Fsp3) is 0.696. The van der Waals surface area contributed by atoms with E-state index in [2.05, 4.69) is 52.6 Å². The van der Waals surface area contributed by atoms with E-state index in [0.29, 0.717) is 30.2 Å². The third-order valence-electron chi connectivity index (χ3n) is 8.91. The van der Waals surface area contributed by atoms with Crippen molar-refractivity contribution in [2.45, 2.75) is 76.5 Å². The van der Waals surface area contributed by atoms with Gasteiger partial charge in [-0.15, -0.1) is 0 Å². The molecule has 2 aliphatic carbocycles. The highest BCUT2D eigenvalue weighted by atomic mass is 16.5. The van der Waals surface area contributed by atoms with Crippen LogP contribution in [-0.4, -0.2) is 42.5 Å². The van der Waals surface area contributed by atoms with Crippen molar-refractivity contribution >= 4 is 5.78 Å². The molecule has 5 rings (SSSR count). The molecule has 1 spiro atoms. The van der Waals surface area contributed by atoms with Gasteiger partial charge in [-0.3, -0.25) is 9.69 Å². The summed E-state index contributed by atoms with van der Waals surface area (Å²) in [7, 11) is 4.00. The first kappa shape index (κ1) is 17.5. The van der Waals surface area contributed by atoms with Gasteiger partial charge < -0.3 is 9.47 Å². The van der Waals surface area contributed by atoms with E-state index in [1.165, 1.54) is 11.1 Å². The lowest BCUT2D eigenvalue weighted by atomic mass is 9.43. The van der Waals surface area contributed by atoms with Crippen LogP contribution in [0.15, 0.2) is 6.07 Å². The third kappa shape index (κ3) is 1.69. The Balaban J connectivity index is -0.00000000297. The molecule has 4 aliphatic rings. The topological polar surface area (TPSA) is 38.8 Å². The minimum Gasteiger partial charge on any atom is -0.493 e. The molecule has 1 saturated carbocycles. The second-order valence-corrected chi connectivity index (χ2v) is 9.83. The van der Waals surface area contributed by atoms with Crippen LogP contribution in [0.25, 0.3) is 0 Å². The molecule has 0 aromatic heterocycles. The summed E-state index contributed by atoms with van der Waals surface area (Å²) in [5.41, 5.74) is 3.54. The van der Waals surface area contributed by atoms with Gasteiger partial charge in [-0.2, -0.15) is 0 Å². The maximum Gasteiger partial charge on any atom is 0.174 e. The Kier molecular flexibility index (Phi) is 3.30. The minimum atomic E-state index is -0.362. The number of nitrogens with zero attached hydrogens (tertiary/aromatic N) is 1. The molecule has 4 nitrogen and oxygen atoms in total. The highest BCUT2D eigenvalue weighted by molar-refractivity contribution is 5.89. The summed E-state index contributed by atoms with van der Waals surface area (Å²) < 4.78 is 12.3. The number of likely N-dealkylation sites (N-methyl/N-ethyl adjacent to an activating group) is 1. The number of methoxy groups -OCH3 is 1. The largest absolute Gasteiger partial charge is 0.493 e. The molecule has 0 N–H and O–H groups in total. The van der Waals surface area contributed by atoms with Crippen molar-refractivity contribution in [2.75, 3.05) is 14.2 Å². The van der Waals surface area contributed by atoms with Gasteiger partial charge in [0.05, 0.1) is 12.5 Å². The summed E-state index contributed by atoms with van der Waals surface area (Å²) >= 11 is 0. The summed E-state index contributed by atoms with van der Waals surface area (Å²) in [6, 6.07) is 2.73. The monoisotopic (exact) mass is 490 g/mol. The van der Waals surface area contributed by atoms with Crippen LogP contribution < -0.4 is 9.47 Å². The average molecular weight is 490 g/mol. The van der Waals surface area contributed by atoms with Crippen molar-refractivity contribution < 1.29 is 99.9 Å². The first-order valence-corrected chi connectivity index (χ1v) is 10.3. The fourth-order valence-corrected chi connectivity index (χ4v) is 7.32. The molecule has 27 heavy (non-hydrogen) atoms. The summed E-state index contributed by atoms with van der Waals surface area (Å²) in [4.78, 5) is 15.7. The molecule has 0 amide bonds. The van der Waals surface area contributed by atoms with Crippen molar-refractivity contribution in [1.29, 1.82) is 0 Å². The molecule has 266 valence electrons. The Morgan fingerprint density at radius 3 is 2.70 bits per heavy atom. The summed E-state index contributed by atoms with van der Waals surface area (Å²) in [6.45, 7) is 11.5. The number of hydrogen-bond acceptors (Lipinski definition) is 4. The van der Waals surface area contributed by atoms with E-state index in [1.807, 2.05) is 0 Å². The van der Waals surface area contributed by atoms with E-state index in [1.54, 1.807) is 7.11 Å². The quantitative estimate of drug-likeness (QED) is 0.392. The molecule has 6 atom stereocenters. The maximum absolute atomic E-state index is 13.1. The van der Waals surface area contributed by atoms with Crippen molar-refractivity contribution in [3.63, 3.8) is 0 Å². The number of piperidine rings is 1. The smallest absolute Gasteiger partial charge is 0.174 e. The van der Waals surface area contributed by atoms with Gasteiger partial charge in [0.25, 0.3) is 0 Å². The highest BCUT2D eigenvalue weighted by Crippen LogP contribution is 2.69. The molecule has 2 fully saturated rings. The van der Waals surface area contributed by atoms with Crippen molar-refractivity contribution in [1.82, 2.24) is 4.90 Å². The van der Waals surface area contributed by atoms with Gasteiger partial charge in [0.2, 0.25) is 0 Å². The number of ketones is 1. The zero-order valence-corrected chi connectivity index (χ0v) is 17.6. The fourth-order valence-electron chi connectivity index (χ4n) is 7.32. The molecule has 2 unspecified atom stereocenters. The SMILES string of the molecule is COc1c(C)cc2c3c1O[C@H]1C(=O)CC[C@H]4[C@@H](C2C)N(C)C(C)(C)C(C)[C@]314.[HH].[HH].[HH].[HH].[HH].[HH].[HH].[HH].[HH].[HH].[HH].[HH].[HH].[HH].[HH].[HH].[HH].[HH].[HH].[HH].[HH].[HH].[HH].[HH].[HH].[HH].[HH].[HH].[HH].[HH].[HH].[HH].[HH].[HH].[HH].[HH].[HH].[HH].[HH].[HH].[HH].[HH].[HH].[HH].[HH].[HH].[HH].[HH].[HH].[HH].[HH].[HH].[HH].[HH].[HH].[HH].[HH].[HH].[HH].[HH]. The predicted octanol–water partition coefficient (Wildman–Crippen LogP) is 18.6. The van der Waals surface area contributed by atoms with Gasteiger partial charge in [0.1, 0.15) is 0 Å². The van der Waals surface area contributed by atoms with E-state index in [4.69, 9.17) is 9.47 Å². The molecule has 1 aromatic carbocycles. The van der Waals surface area contributed by atoms with Gasteiger partial charge in [-0.25, -0.2) is 0 Å². The lowest BCUT2D eigenvalue weighted by Crippen LogP contribution is -2.75. The van der Waals surface area contributed by atoms with Crippen LogP contribution in [0.1, 0.15) is 149 Å². The standard InChI is InChI=1S/C23H31NO3.60H2/c1-11-10-14-12(2)18-15-8-9-16(25)21-23(15,13(3)22(4,5)24(18)6)17(14)20(27-21)19(11)26-7;;;;;;;;;;;;;;;;;;;;;;;;;;;;;;;;;;;;;;;;;;;;;;;;;;;;;;;;;;;;/h10,12-13,15,18,21H,8-9H2,1-7H3;60*1H/t12?,13?,15-,18+,21-,23-;;;;;;;;;;;;;;;;;;;;;;;;;;;;;;;;;;;;;;;;;;;;;;;;;;;;;;;;;;;;/m0............................................................/s1. The Morgan fingerprint density at radius 1 is 1.33 bits per heavy atom. The van der Waals surface area contributed by atoms with Crippen LogP contribution in [0.2, 0.25) is 0 Å². The van der Waals surface area contributed by atoms with Crippen LogP contribution in [0.4, 0.5) is 0 Å². The number of carbonyl (C=O) groups excluding carboxylic acids is 1. The van der Waals surface area contributed by atoms with Gasteiger partial charge in [-0.05, 0) is 63.1 Å². The number of benzene rings is 1. The number of ether oxygens (including phenoxy) is 2. The number of aryl methyl sites for hydroxylation is 1. The summed E-state index contributed by atoms with van der Waals surface area (Å²) in [5, 5.41) is 0. The molecular weight excluding hydrogens is 338 g/mol. The Hall–Kier alpha value is -1.55. The molecule has 2 aliphatic heterocycles. The second-order valence-electron chi connectivity index (χ2n) is 9.83. The van der Waals surface area contributed by atoms with Gasteiger partial charge in [0.15, 0.2) is 23.4 Å². The van der Waals surface area contributed by atoms with E-state index in [-0.39, 0.29) is 108 Å². The van der Waals surface area contributed by atoms with Crippen LogP contribution >= 0.6 is 0 Å². The molecule has 4 heteroatoms. The normalized spacial score (nSPS) is 41.1. The first-order chi connectivity index (χ1) is 12.7. The highest BCUT2D eigenvalue weighted by Gasteiger charge is 2.72. The van der Waals surface area contributed by atoms with E-state index in [9.17, 15) is 4.79 Å². The number of hydrogen-bond donors (Lipinski definition) is 0. The van der Waals surface area contributed by atoms with Gasteiger partial charge >= 0.3 is 0 Å². The van der Waals surface area contributed by atoms with Crippen LogP contribution in [0, 0.1) is 18.8 Å². The van der Waals surface area contributed by atoms with Gasteiger partial charge in [0, 0.05) is 109 Å².